The Hall–Kier alpha value is -3.49. The lowest BCUT2D eigenvalue weighted by molar-refractivity contribution is -0.129. The number of aliphatic imine (C=N–C) groups is 1. The van der Waals surface area contributed by atoms with Crippen LogP contribution < -0.4 is 15.8 Å². The minimum absolute atomic E-state index is 0.0165. The summed E-state index contributed by atoms with van der Waals surface area (Å²) in [5, 5.41) is 2.66. The fourth-order valence-corrected chi connectivity index (χ4v) is 3.09. The summed E-state index contributed by atoms with van der Waals surface area (Å²) in [5.41, 5.74) is 5.77. The van der Waals surface area contributed by atoms with Gasteiger partial charge in [-0.3, -0.25) is 14.5 Å². The zero-order valence-electron chi connectivity index (χ0n) is 15.1. The highest BCUT2D eigenvalue weighted by Crippen LogP contribution is 2.40. The van der Waals surface area contributed by atoms with Crippen molar-refractivity contribution >= 4 is 23.5 Å². The van der Waals surface area contributed by atoms with Crippen molar-refractivity contribution in [2.24, 2.45) is 10.7 Å². The number of alkyl halides is 2. The minimum Gasteiger partial charge on any atom is -0.435 e. The van der Waals surface area contributed by atoms with Crippen LogP contribution in [0, 0.1) is 0 Å². The molecule has 7 nitrogen and oxygen atoms in total. The van der Waals surface area contributed by atoms with Gasteiger partial charge in [0.2, 0.25) is 5.91 Å². The number of ether oxygens (including phenoxy) is 1. The van der Waals surface area contributed by atoms with Crippen molar-refractivity contribution in [3.8, 4) is 5.75 Å². The molecule has 3 rings (SSSR count). The number of hydrogen-bond donors (Lipinski definition) is 2. The molecule has 2 aromatic carbocycles. The fraction of sp³-hybridized carbons (Fsp3) is 0.211. The maximum atomic E-state index is 13.1. The average molecular weight is 388 g/mol. The number of nitrogens with two attached hydrogens (primary N) is 1. The van der Waals surface area contributed by atoms with Crippen molar-refractivity contribution in [2.45, 2.75) is 19.1 Å². The molecule has 1 aliphatic rings. The molecule has 146 valence electrons. The van der Waals surface area contributed by atoms with Gasteiger partial charge < -0.3 is 15.8 Å². The third-order valence-corrected chi connectivity index (χ3v) is 4.34. The van der Waals surface area contributed by atoms with E-state index in [9.17, 15) is 18.4 Å². The van der Waals surface area contributed by atoms with E-state index in [2.05, 4.69) is 15.0 Å². The number of rotatable bonds is 5. The molecule has 1 aliphatic heterocycles. The van der Waals surface area contributed by atoms with E-state index in [-0.39, 0.29) is 17.6 Å². The molecule has 0 radical (unpaired) electrons. The summed E-state index contributed by atoms with van der Waals surface area (Å²) in [6, 6.07) is 12.3. The monoisotopic (exact) mass is 388 g/mol. The Bertz CT molecular complexity index is 946. The Morgan fingerprint density at radius 2 is 1.89 bits per heavy atom. The van der Waals surface area contributed by atoms with E-state index in [0.717, 1.165) is 0 Å². The predicted molar refractivity (Wildman–Crippen MR) is 99.0 cm³/mol. The molecule has 2 amide bonds. The highest BCUT2D eigenvalue weighted by atomic mass is 19.3. The number of hydrogen-bond acceptors (Lipinski definition) is 5. The van der Waals surface area contributed by atoms with Gasteiger partial charge in [0.1, 0.15) is 5.75 Å². The Kier molecular flexibility index (Phi) is 5.00. The SMILES string of the molecule is CC(=O)Nc1cccc(C2(c3ccc(OC(F)F)cc3)N=C(N)N(C)C2=O)c1. The van der Waals surface area contributed by atoms with Crippen molar-refractivity contribution in [1.29, 1.82) is 0 Å². The first-order valence-electron chi connectivity index (χ1n) is 8.31. The second-order valence-corrected chi connectivity index (χ2v) is 6.21. The molecule has 0 fully saturated rings. The average Bonchev–Trinajstić information content (AvgIpc) is 2.86. The number of amides is 2. The first kappa shape index (κ1) is 19.3. The molecule has 0 bridgehead atoms. The van der Waals surface area contributed by atoms with Crippen molar-refractivity contribution in [1.82, 2.24) is 4.90 Å². The van der Waals surface area contributed by atoms with E-state index in [1.165, 1.54) is 43.1 Å². The zero-order chi connectivity index (χ0) is 20.5. The molecule has 1 heterocycles. The number of carbonyl (C=O) groups excluding carboxylic acids is 2. The predicted octanol–water partition coefficient (Wildman–Crippen LogP) is 2.28. The van der Waals surface area contributed by atoms with Crippen LogP contribution in [0.5, 0.6) is 5.75 Å². The lowest BCUT2D eigenvalue weighted by Gasteiger charge is -2.26. The van der Waals surface area contributed by atoms with Crippen LogP contribution in [0.25, 0.3) is 0 Å². The van der Waals surface area contributed by atoms with Crippen LogP contribution >= 0.6 is 0 Å². The Labute approximate surface area is 159 Å². The zero-order valence-corrected chi connectivity index (χ0v) is 15.1. The molecule has 0 saturated carbocycles. The van der Waals surface area contributed by atoms with Crippen molar-refractivity contribution in [3.05, 3.63) is 59.7 Å². The smallest absolute Gasteiger partial charge is 0.387 e. The minimum atomic E-state index is -2.96. The van der Waals surface area contributed by atoms with E-state index < -0.39 is 18.1 Å². The van der Waals surface area contributed by atoms with Crippen LogP contribution in [0.4, 0.5) is 14.5 Å². The summed E-state index contributed by atoms with van der Waals surface area (Å²) >= 11 is 0. The summed E-state index contributed by atoms with van der Waals surface area (Å²) in [6.07, 6.45) is 0. The van der Waals surface area contributed by atoms with Crippen LogP contribution in [0.2, 0.25) is 0 Å². The highest BCUT2D eigenvalue weighted by Gasteiger charge is 2.49. The lowest BCUT2D eigenvalue weighted by Crippen LogP contribution is -2.41. The molecule has 0 saturated heterocycles. The quantitative estimate of drug-likeness (QED) is 0.821. The second-order valence-electron chi connectivity index (χ2n) is 6.21. The number of halogens is 2. The molecular formula is C19H18F2N4O3. The summed E-state index contributed by atoms with van der Waals surface area (Å²) in [7, 11) is 1.49. The molecule has 28 heavy (non-hydrogen) atoms. The van der Waals surface area contributed by atoms with E-state index in [4.69, 9.17) is 5.73 Å². The van der Waals surface area contributed by atoms with Crippen LogP contribution in [0.3, 0.4) is 0 Å². The standard InChI is InChI=1S/C19H18F2N4O3/c1-11(26)23-14-5-3-4-13(10-14)19(16(27)25(2)18(22)24-19)12-6-8-15(9-7-12)28-17(20)21/h3-10,17H,1-2H3,(H2,22,24)(H,23,26). The molecular weight excluding hydrogens is 370 g/mol. The Balaban J connectivity index is 2.13. The topological polar surface area (TPSA) is 97.0 Å². The third kappa shape index (κ3) is 3.38. The molecule has 9 heteroatoms. The van der Waals surface area contributed by atoms with E-state index in [1.807, 2.05) is 0 Å². The summed E-state index contributed by atoms with van der Waals surface area (Å²) in [4.78, 5) is 30.1. The summed E-state index contributed by atoms with van der Waals surface area (Å²) < 4.78 is 29.2. The van der Waals surface area contributed by atoms with Crippen LogP contribution in [0.15, 0.2) is 53.5 Å². The van der Waals surface area contributed by atoms with Crippen LogP contribution in [-0.4, -0.2) is 36.3 Å². The van der Waals surface area contributed by atoms with Crippen molar-refractivity contribution in [2.75, 3.05) is 12.4 Å². The molecule has 2 aromatic rings. The van der Waals surface area contributed by atoms with Gasteiger partial charge in [0.25, 0.3) is 5.91 Å². The van der Waals surface area contributed by atoms with E-state index in [1.54, 1.807) is 24.3 Å². The van der Waals surface area contributed by atoms with E-state index in [0.29, 0.717) is 16.8 Å². The van der Waals surface area contributed by atoms with Gasteiger partial charge in [-0.2, -0.15) is 8.78 Å². The van der Waals surface area contributed by atoms with Crippen LogP contribution in [0.1, 0.15) is 18.1 Å². The normalized spacial score (nSPS) is 19.0. The lowest BCUT2D eigenvalue weighted by atomic mass is 9.82. The highest BCUT2D eigenvalue weighted by molar-refractivity contribution is 6.09. The van der Waals surface area contributed by atoms with Gasteiger partial charge in [0.15, 0.2) is 11.5 Å². The number of nitrogens with zero attached hydrogens (tertiary/aromatic N) is 2. The van der Waals surface area contributed by atoms with Gasteiger partial charge >= 0.3 is 6.61 Å². The second kappa shape index (κ2) is 7.26. The molecule has 0 aliphatic carbocycles. The first-order valence-corrected chi connectivity index (χ1v) is 8.31. The van der Waals surface area contributed by atoms with Gasteiger partial charge in [-0.15, -0.1) is 0 Å². The number of guanidine groups is 1. The Morgan fingerprint density at radius 3 is 2.43 bits per heavy atom. The Morgan fingerprint density at radius 1 is 1.21 bits per heavy atom. The number of benzene rings is 2. The maximum Gasteiger partial charge on any atom is 0.387 e. The van der Waals surface area contributed by atoms with Crippen LogP contribution in [-0.2, 0) is 15.1 Å². The van der Waals surface area contributed by atoms with Crippen molar-refractivity contribution in [3.63, 3.8) is 0 Å². The number of nitrogens with one attached hydrogen (secondary N) is 1. The third-order valence-electron chi connectivity index (χ3n) is 4.34. The number of likely N-dealkylation sites (N-methyl/N-ethyl adjacent to an activating group) is 1. The van der Waals surface area contributed by atoms with Crippen molar-refractivity contribution < 1.29 is 23.1 Å². The fourth-order valence-electron chi connectivity index (χ4n) is 3.09. The molecule has 1 atom stereocenters. The molecule has 0 aromatic heterocycles. The molecule has 0 spiro atoms. The first-order chi connectivity index (χ1) is 13.2. The van der Waals surface area contributed by atoms with Gasteiger partial charge in [0.05, 0.1) is 0 Å². The molecule has 1 unspecified atom stereocenters. The number of carbonyl (C=O) groups is 2. The maximum absolute atomic E-state index is 13.1. The van der Waals surface area contributed by atoms with Gasteiger partial charge in [-0.25, -0.2) is 4.99 Å². The van der Waals surface area contributed by atoms with E-state index >= 15 is 0 Å². The largest absolute Gasteiger partial charge is 0.435 e. The summed E-state index contributed by atoms with van der Waals surface area (Å²) in [6.45, 7) is -1.59. The van der Waals surface area contributed by atoms with Gasteiger partial charge in [0, 0.05) is 19.7 Å². The summed E-state index contributed by atoms with van der Waals surface area (Å²) in [5.74, 6) is -0.704. The van der Waals surface area contributed by atoms with Gasteiger partial charge in [-0.05, 0) is 35.4 Å². The molecule has 3 N–H and O–H groups in total. The number of anilines is 1. The van der Waals surface area contributed by atoms with Gasteiger partial charge in [-0.1, -0.05) is 24.3 Å².